The van der Waals surface area contributed by atoms with E-state index in [2.05, 4.69) is 22.0 Å². The molecule has 3 unspecified atom stereocenters. The Bertz CT molecular complexity index is 233. The average molecular weight is 240 g/mol. The third kappa shape index (κ3) is 7.54. The van der Waals surface area contributed by atoms with E-state index in [-0.39, 0.29) is 11.8 Å². The van der Waals surface area contributed by atoms with Gasteiger partial charge >= 0.3 is 6.36 Å². The van der Waals surface area contributed by atoms with Gasteiger partial charge < -0.3 is 0 Å². The summed E-state index contributed by atoms with van der Waals surface area (Å²) < 4.78 is 39.4. The molecule has 0 amide bonds. The SMILES string of the molecule is CC(CC(C)C(C)C=C=S)OC(F)(F)F. The van der Waals surface area contributed by atoms with Crippen molar-refractivity contribution in [2.75, 3.05) is 0 Å². The molecule has 0 radical (unpaired) electrons. The number of rotatable bonds is 5. The van der Waals surface area contributed by atoms with Crippen molar-refractivity contribution in [2.45, 2.75) is 39.7 Å². The highest BCUT2D eigenvalue weighted by molar-refractivity contribution is 7.78. The van der Waals surface area contributed by atoms with Gasteiger partial charge in [0.05, 0.1) is 6.10 Å². The van der Waals surface area contributed by atoms with Gasteiger partial charge in [-0.1, -0.05) is 18.9 Å². The minimum Gasteiger partial charge on any atom is -0.289 e. The molecule has 15 heavy (non-hydrogen) atoms. The summed E-state index contributed by atoms with van der Waals surface area (Å²) in [6.07, 6.45) is -3.36. The lowest BCUT2D eigenvalue weighted by molar-refractivity contribution is -0.341. The van der Waals surface area contributed by atoms with Gasteiger partial charge in [-0.2, -0.15) is 0 Å². The van der Waals surface area contributed by atoms with Crippen LogP contribution in [0.15, 0.2) is 6.08 Å². The zero-order chi connectivity index (χ0) is 12.1. The standard InChI is InChI=1S/C10H15F3OS/c1-7(4-5-15)8(2)6-9(3)14-10(11,12)13/h4,7-9H,6H2,1-3H3. The van der Waals surface area contributed by atoms with E-state index in [1.54, 1.807) is 6.08 Å². The molecule has 0 spiro atoms. The molecule has 0 fully saturated rings. The average Bonchev–Trinajstić information content (AvgIpc) is 2.00. The fraction of sp³-hybridized carbons (Fsp3) is 0.800. The Kier molecular flexibility index (Phi) is 6.10. The quantitative estimate of drug-likeness (QED) is 0.677. The second kappa shape index (κ2) is 6.26. The minimum absolute atomic E-state index is 0.0813. The lowest BCUT2D eigenvalue weighted by Crippen LogP contribution is -2.24. The Balaban J connectivity index is 4.06. The molecule has 0 saturated heterocycles. The molecule has 0 rings (SSSR count). The van der Waals surface area contributed by atoms with Crippen LogP contribution >= 0.6 is 12.2 Å². The molecule has 0 bridgehead atoms. The maximum Gasteiger partial charge on any atom is 0.522 e. The van der Waals surface area contributed by atoms with Crippen molar-refractivity contribution >= 4 is 17.2 Å². The number of halogens is 3. The monoisotopic (exact) mass is 240 g/mol. The fourth-order valence-electron chi connectivity index (χ4n) is 1.29. The summed E-state index contributed by atoms with van der Waals surface area (Å²) in [5.74, 6) is 0.194. The first-order chi connectivity index (χ1) is 6.76. The van der Waals surface area contributed by atoms with E-state index in [1.807, 2.05) is 13.8 Å². The maximum atomic E-state index is 11.8. The van der Waals surface area contributed by atoms with Crippen LogP contribution in [0.1, 0.15) is 27.2 Å². The number of hydrogen-bond donors (Lipinski definition) is 0. The van der Waals surface area contributed by atoms with E-state index >= 15 is 0 Å². The Hall–Kier alpha value is -0.380. The van der Waals surface area contributed by atoms with Crippen molar-refractivity contribution in [3.05, 3.63) is 6.08 Å². The van der Waals surface area contributed by atoms with Crippen LogP contribution in [0.3, 0.4) is 0 Å². The minimum atomic E-state index is -4.55. The van der Waals surface area contributed by atoms with Crippen LogP contribution in [0.25, 0.3) is 0 Å². The highest BCUT2D eigenvalue weighted by atomic mass is 32.1. The first-order valence-corrected chi connectivity index (χ1v) is 5.12. The maximum absolute atomic E-state index is 11.8. The Morgan fingerprint density at radius 3 is 2.27 bits per heavy atom. The van der Waals surface area contributed by atoms with Gasteiger partial charge in [0, 0.05) is 0 Å². The number of hydrogen-bond acceptors (Lipinski definition) is 2. The molecule has 0 aromatic carbocycles. The third-order valence-corrected chi connectivity index (χ3v) is 2.40. The van der Waals surface area contributed by atoms with Crippen LogP contribution in [0.5, 0.6) is 0 Å². The van der Waals surface area contributed by atoms with Crippen LogP contribution in [0.4, 0.5) is 13.2 Å². The molecular weight excluding hydrogens is 225 g/mol. The molecule has 0 N–H and O–H groups in total. The normalized spacial score (nSPS) is 17.7. The number of alkyl halides is 3. The van der Waals surface area contributed by atoms with Gasteiger partial charge in [0.15, 0.2) is 0 Å². The molecule has 0 aromatic heterocycles. The Morgan fingerprint density at radius 2 is 1.87 bits per heavy atom. The van der Waals surface area contributed by atoms with E-state index in [0.717, 1.165) is 0 Å². The predicted molar refractivity (Wildman–Crippen MR) is 56.7 cm³/mol. The van der Waals surface area contributed by atoms with Crippen LogP contribution in [0, 0.1) is 11.8 Å². The van der Waals surface area contributed by atoms with Gasteiger partial charge in [-0.15, -0.1) is 13.2 Å². The van der Waals surface area contributed by atoms with Crippen molar-refractivity contribution in [3.8, 4) is 0 Å². The summed E-state index contributed by atoms with van der Waals surface area (Å²) in [7, 11) is 0. The predicted octanol–water partition coefficient (Wildman–Crippen LogP) is 3.73. The Labute approximate surface area is 93.3 Å². The summed E-state index contributed by atoms with van der Waals surface area (Å²) in [5.41, 5.74) is 0. The van der Waals surface area contributed by atoms with Crippen LogP contribution in [0.2, 0.25) is 0 Å². The molecule has 0 aliphatic carbocycles. The summed E-state index contributed by atoms with van der Waals surface area (Å²) in [6.45, 7) is 5.17. The van der Waals surface area contributed by atoms with E-state index in [1.165, 1.54) is 6.92 Å². The second-order valence-electron chi connectivity index (χ2n) is 3.73. The largest absolute Gasteiger partial charge is 0.522 e. The summed E-state index contributed by atoms with van der Waals surface area (Å²) >= 11 is 4.53. The van der Waals surface area contributed by atoms with Crippen molar-refractivity contribution < 1.29 is 17.9 Å². The first-order valence-electron chi connectivity index (χ1n) is 4.71. The molecule has 0 aliphatic heterocycles. The highest BCUT2D eigenvalue weighted by Crippen LogP contribution is 2.24. The van der Waals surface area contributed by atoms with Crippen LogP contribution in [-0.4, -0.2) is 17.5 Å². The molecule has 3 atom stereocenters. The van der Waals surface area contributed by atoms with E-state index in [9.17, 15) is 13.2 Å². The number of thiocarbonyl (C=S) groups is 1. The first kappa shape index (κ1) is 14.6. The molecule has 1 nitrogen and oxygen atoms in total. The Morgan fingerprint density at radius 1 is 1.33 bits per heavy atom. The van der Waals surface area contributed by atoms with Gasteiger partial charge in [0.25, 0.3) is 0 Å². The van der Waals surface area contributed by atoms with Crippen LogP contribution in [-0.2, 0) is 4.74 Å². The summed E-state index contributed by atoms with van der Waals surface area (Å²) in [5, 5.41) is 2.47. The molecule has 0 aromatic rings. The number of ether oxygens (including phenoxy) is 1. The summed E-state index contributed by atoms with van der Waals surface area (Å²) in [4.78, 5) is 0. The third-order valence-electron chi connectivity index (χ3n) is 2.27. The van der Waals surface area contributed by atoms with E-state index in [0.29, 0.717) is 6.42 Å². The second-order valence-corrected chi connectivity index (χ2v) is 3.97. The van der Waals surface area contributed by atoms with Gasteiger partial charge in [-0.05, 0) is 43.5 Å². The van der Waals surface area contributed by atoms with Crippen molar-refractivity contribution in [3.63, 3.8) is 0 Å². The van der Waals surface area contributed by atoms with Crippen LogP contribution < -0.4 is 0 Å². The van der Waals surface area contributed by atoms with Gasteiger partial charge in [0.2, 0.25) is 0 Å². The fourth-order valence-corrected chi connectivity index (χ4v) is 1.50. The van der Waals surface area contributed by atoms with E-state index < -0.39 is 12.5 Å². The van der Waals surface area contributed by atoms with Crippen molar-refractivity contribution in [2.24, 2.45) is 11.8 Å². The lowest BCUT2D eigenvalue weighted by atomic mass is 9.91. The van der Waals surface area contributed by atoms with Gasteiger partial charge in [-0.25, -0.2) is 0 Å². The van der Waals surface area contributed by atoms with Gasteiger partial charge in [0.1, 0.15) is 0 Å². The van der Waals surface area contributed by atoms with Gasteiger partial charge in [-0.3, -0.25) is 4.74 Å². The molecule has 5 heteroatoms. The highest BCUT2D eigenvalue weighted by Gasteiger charge is 2.32. The van der Waals surface area contributed by atoms with Crippen molar-refractivity contribution in [1.82, 2.24) is 0 Å². The summed E-state index contributed by atoms with van der Waals surface area (Å²) in [6, 6.07) is 0. The molecular formula is C10H15F3OS. The zero-order valence-corrected chi connectivity index (χ0v) is 9.78. The lowest BCUT2D eigenvalue weighted by Gasteiger charge is -2.21. The van der Waals surface area contributed by atoms with E-state index in [4.69, 9.17) is 0 Å². The van der Waals surface area contributed by atoms with Crippen molar-refractivity contribution in [1.29, 1.82) is 0 Å². The molecule has 0 aliphatic rings. The smallest absolute Gasteiger partial charge is 0.289 e. The molecule has 0 saturated carbocycles. The zero-order valence-electron chi connectivity index (χ0n) is 8.97. The number of allylic oxidation sites excluding steroid dienone is 1. The topological polar surface area (TPSA) is 9.23 Å². The molecule has 88 valence electrons. The molecule has 0 heterocycles.